The summed E-state index contributed by atoms with van der Waals surface area (Å²) in [6.45, 7) is 3.75. The van der Waals surface area contributed by atoms with Gasteiger partial charge in [0.15, 0.2) is 0 Å². The van der Waals surface area contributed by atoms with Crippen LogP contribution in [0.2, 0.25) is 5.02 Å². The maximum absolute atomic E-state index is 10.8. The Morgan fingerprint density at radius 2 is 2.33 bits per heavy atom. The van der Waals surface area contributed by atoms with E-state index in [1.165, 1.54) is 0 Å². The van der Waals surface area contributed by atoms with E-state index in [1.807, 2.05) is 19.1 Å². The predicted octanol–water partition coefficient (Wildman–Crippen LogP) is 3.09. The summed E-state index contributed by atoms with van der Waals surface area (Å²) >= 11 is 6.11. The van der Waals surface area contributed by atoms with Gasteiger partial charge in [-0.2, -0.15) is 0 Å². The van der Waals surface area contributed by atoms with Gasteiger partial charge in [0.2, 0.25) is 0 Å². The van der Waals surface area contributed by atoms with Crippen LogP contribution in [0.4, 0.5) is 0 Å². The van der Waals surface area contributed by atoms with Gasteiger partial charge >= 0.3 is 5.97 Å². The standard InChI is InChI=1S/C14H18ClNO2/c1-10-4-5-11(7-13(10)15)9-16-6-2-3-12(16)8-14(17)18/h4-5,7,12H,2-3,6,8-9H2,1H3,(H,17,18). The maximum atomic E-state index is 10.8. The monoisotopic (exact) mass is 267 g/mol. The second kappa shape index (κ2) is 5.72. The first kappa shape index (κ1) is 13.4. The average Bonchev–Trinajstić information content (AvgIpc) is 2.70. The Morgan fingerprint density at radius 3 is 3.00 bits per heavy atom. The summed E-state index contributed by atoms with van der Waals surface area (Å²) in [4.78, 5) is 13.0. The molecule has 0 saturated carbocycles. The molecule has 1 aromatic rings. The van der Waals surface area contributed by atoms with Crippen molar-refractivity contribution in [2.24, 2.45) is 0 Å². The van der Waals surface area contributed by atoms with Gasteiger partial charge in [-0.1, -0.05) is 23.7 Å². The van der Waals surface area contributed by atoms with Crippen molar-refractivity contribution in [1.82, 2.24) is 4.90 Å². The summed E-state index contributed by atoms with van der Waals surface area (Å²) < 4.78 is 0. The fraction of sp³-hybridized carbons (Fsp3) is 0.500. The molecule has 0 aliphatic carbocycles. The van der Waals surface area contributed by atoms with E-state index in [1.54, 1.807) is 0 Å². The quantitative estimate of drug-likeness (QED) is 0.911. The van der Waals surface area contributed by atoms with Gasteiger partial charge in [0.05, 0.1) is 6.42 Å². The highest BCUT2D eigenvalue weighted by Gasteiger charge is 2.26. The smallest absolute Gasteiger partial charge is 0.304 e. The molecule has 1 atom stereocenters. The van der Waals surface area contributed by atoms with Crippen molar-refractivity contribution in [3.8, 4) is 0 Å². The average molecular weight is 268 g/mol. The SMILES string of the molecule is Cc1ccc(CN2CCCC2CC(=O)O)cc1Cl. The first-order valence-corrected chi connectivity index (χ1v) is 6.65. The minimum atomic E-state index is -0.714. The number of carboxylic acid groups (broad SMARTS) is 1. The topological polar surface area (TPSA) is 40.5 Å². The van der Waals surface area contributed by atoms with Crippen molar-refractivity contribution >= 4 is 17.6 Å². The molecule has 98 valence electrons. The molecule has 1 N–H and O–H groups in total. The van der Waals surface area contributed by atoms with Crippen molar-refractivity contribution < 1.29 is 9.90 Å². The van der Waals surface area contributed by atoms with Gasteiger partial charge < -0.3 is 5.11 Å². The zero-order valence-electron chi connectivity index (χ0n) is 10.5. The third-order valence-corrected chi connectivity index (χ3v) is 3.94. The molecule has 1 heterocycles. The summed E-state index contributed by atoms with van der Waals surface area (Å²) in [5, 5.41) is 9.67. The molecule has 18 heavy (non-hydrogen) atoms. The number of aryl methyl sites for hydroxylation is 1. The van der Waals surface area contributed by atoms with E-state index in [2.05, 4.69) is 11.0 Å². The first-order chi connectivity index (χ1) is 8.56. The van der Waals surface area contributed by atoms with E-state index < -0.39 is 5.97 Å². The fourth-order valence-corrected chi connectivity index (χ4v) is 2.71. The molecule has 4 heteroatoms. The lowest BCUT2D eigenvalue weighted by Crippen LogP contribution is -2.30. The third kappa shape index (κ3) is 3.24. The Kier molecular flexibility index (Phi) is 4.25. The van der Waals surface area contributed by atoms with Gasteiger partial charge in [0.1, 0.15) is 0 Å². The number of rotatable bonds is 4. The number of hydrogen-bond acceptors (Lipinski definition) is 2. The lowest BCUT2D eigenvalue weighted by Gasteiger charge is -2.23. The molecule has 0 bridgehead atoms. The van der Waals surface area contributed by atoms with Crippen molar-refractivity contribution in [1.29, 1.82) is 0 Å². The molecule has 1 fully saturated rings. The highest BCUT2D eigenvalue weighted by Crippen LogP contribution is 2.24. The maximum Gasteiger partial charge on any atom is 0.304 e. The first-order valence-electron chi connectivity index (χ1n) is 6.27. The molecular weight excluding hydrogens is 250 g/mol. The molecule has 1 aliphatic rings. The Balaban J connectivity index is 2.03. The van der Waals surface area contributed by atoms with Gasteiger partial charge in [-0.15, -0.1) is 0 Å². The lowest BCUT2D eigenvalue weighted by atomic mass is 10.1. The zero-order chi connectivity index (χ0) is 13.1. The van der Waals surface area contributed by atoms with Crippen LogP contribution in [0.3, 0.4) is 0 Å². The second-order valence-corrected chi connectivity index (χ2v) is 5.36. The minimum absolute atomic E-state index is 0.169. The van der Waals surface area contributed by atoms with Gasteiger partial charge in [0.25, 0.3) is 0 Å². The molecule has 1 aromatic carbocycles. The van der Waals surface area contributed by atoms with Crippen molar-refractivity contribution in [2.75, 3.05) is 6.54 Å². The molecule has 0 amide bonds. The molecule has 2 rings (SSSR count). The Bertz CT molecular complexity index is 447. The van der Waals surface area contributed by atoms with Crippen molar-refractivity contribution in [3.05, 3.63) is 34.3 Å². The van der Waals surface area contributed by atoms with Gasteiger partial charge in [-0.05, 0) is 43.5 Å². The molecule has 3 nitrogen and oxygen atoms in total. The number of halogens is 1. The third-order valence-electron chi connectivity index (χ3n) is 3.53. The van der Waals surface area contributed by atoms with Crippen molar-refractivity contribution in [2.45, 2.75) is 38.8 Å². The Hall–Kier alpha value is -1.06. The van der Waals surface area contributed by atoms with Gasteiger partial charge in [-0.3, -0.25) is 9.69 Å². The molecule has 1 saturated heterocycles. The van der Waals surface area contributed by atoms with Crippen LogP contribution in [-0.4, -0.2) is 28.6 Å². The molecule has 1 unspecified atom stereocenters. The Labute approximate surface area is 112 Å². The minimum Gasteiger partial charge on any atom is -0.481 e. The molecule has 1 aliphatic heterocycles. The van der Waals surface area contributed by atoms with Crippen LogP contribution in [0.5, 0.6) is 0 Å². The summed E-state index contributed by atoms with van der Waals surface area (Å²) in [6, 6.07) is 6.23. The number of carboxylic acids is 1. The van der Waals surface area contributed by atoms with E-state index >= 15 is 0 Å². The number of nitrogens with zero attached hydrogens (tertiary/aromatic N) is 1. The van der Waals surface area contributed by atoms with Crippen LogP contribution in [-0.2, 0) is 11.3 Å². The van der Waals surface area contributed by atoms with Crippen LogP contribution in [0.15, 0.2) is 18.2 Å². The van der Waals surface area contributed by atoms with Crippen LogP contribution < -0.4 is 0 Å². The van der Waals surface area contributed by atoms with Gasteiger partial charge in [-0.25, -0.2) is 0 Å². The van der Waals surface area contributed by atoms with E-state index in [0.29, 0.717) is 0 Å². The lowest BCUT2D eigenvalue weighted by molar-refractivity contribution is -0.138. The number of carbonyl (C=O) groups is 1. The molecule has 0 radical (unpaired) electrons. The Morgan fingerprint density at radius 1 is 1.56 bits per heavy atom. The summed E-state index contributed by atoms with van der Waals surface area (Å²) in [6.07, 6.45) is 2.29. The molecule has 0 spiro atoms. The number of aliphatic carboxylic acids is 1. The van der Waals surface area contributed by atoms with E-state index in [0.717, 1.165) is 42.1 Å². The zero-order valence-corrected chi connectivity index (χ0v) is 11.3. The van der Waals surface area contributed by atoms with Gasteiger partial charge in [0, 0.05) is 17.6 Å². The van der Waals surface area contributed by atoms with E-state index in [-0.39, 0.29) is 12.5 Å². The highest BCUT2D eigenvalue weighted by atomic mass is 35.5. The van der Waals surface area contributed by atoms with Crippen LogP contribution in [0, 0.1) is 6.92 Å². The molecule has 0 aromatic heterocycles. The fourth-order valence-electron chi connectivity index (χ4n) is 2.51. The summed E-state index contributed by atoms with van der Waals surface area (Å²) in [7, 11) is 0. The number of benzene rings is 1. The highest BCUT2D eigenvalue weighted by molar-refractivity contribution is 6.31. The number of hydrogen-bond donors (Lipinski definition) is 1. The largest absolute Gasteiger partial charge is 0.481 e. The van der Waals surface area contributed by atoms with Crippen LogP contribution in [0.1, 0.15) is 30.4 Å². The molecular formula is C14H18ClNO2. The van der Waals surface area contributed by atoms with Crippen LogP contribution in [0.25, 0.3) is 0 Å². The normalized spacial score (nSPS) is 20.2. The van der Waals surface area contributed by atoms with Crippen LogP contribution >= 0.6 is 11.6 Å². The van der Waals surface area contributed by atoms with Crippen molar-refractivity contribution in [3.63, 3.8) is 0 Å². The summed E-state index contributed by atoms with van der Waals surface area (Å²) in [5.74, 6) is -0.714. The number of likely N-dealkylation sites (tertiary alicyclic amines) is 1. The van der Waals surface area contributed by atoms with E-state index in [4.69, 9.17) is 16.7 Å². The predicted molar refractivity (Wildman–Crippen MR) is 71.9 cm³/mol. The van der Waals surface area contributed by atoms with E-state index in [9.17, 15) is 4.79 Å². The summed E-state index contributed by atoms with van der Waals surface area (Å²) in [5.41, 5.74) is 2.23. The second-order valence-electron chi connectivity index (χ2n) is 4.95.